The maximum atomic E-state index is 10.9. The monoisotopic (exact) mass is 187 g/mol. The van der Waals surface area contributed by atoms with Crippen molar-refractivity contribution in [3.8, 4) is 0 Å². The predicted octanol–water partition coefficient (Wildman–Crippen LogP) is 0.376. The van der Waals surface area contributed by atoms with Gasteiger partial charge in [-0.15, -0.1) is 0 Å². The molecular weight excluding hydrogens is 170 g/mol. The quantitative estimate of drug-likeness (QED) is 0.384. The molecule has 0 aliphatic rings. The van der Waals surface area contributed by atoms with E-state index < -0.39 is 12.2 Å². The molecule has 1 atom stereocenters. The highest BCUT2D eigenvalue weighted by molar-refractivity contribution is 5.86. The van der Waals surface area contributed by atoms with Gasteiger partial charge in [0.2, 0.25) is 0 Å². The van der Waals surface area contributed by atoms with Crippen LogP contribution in [0.2, 0.25) is 0 Å². The summed E-state index contributed by atoms with van der Waals surface area (Å²) in [5.74, 6) is -0.411. The molecule has 1 N–H and O–H groups in total. The largest absolute Gasteiger partial charge is 0.462 e. The molecule has 4 heteroatoms. The highest BCUT2D eigenvalue weighted by Gasteiger charge is 2.08. The number of rotatable bonds is 5. The van der Waals surface area contributed by atoms with Crippen LogP contribution in [0.5, 0.6) is 0 Å². The van der Waals surface area contributed by atoms with E-state index in [0.29, 0.717) is 12.0 Å². The molecule has 0 aromatic rings. The van der Waals surface area contributed by atoms with Gasteiger partial charge in [0.05, 0.1) is 6.61 Å². The number of hydrogen-bond acceptors (Lipinski definition) is 4. The molecule has 0 aliphatic heterocycles. The Kier molecular flexibility index (Phi) is 5.34. The maximum absolute atomic E-state index is 10.9. The number of esters is 1. The summed E-state index contributed by atoms with van der Waals surface area (Å²) in [6.45, 7) is 5.24. The molecule has 1 unspecified atom stereocenters. The fourth-order valence-corrected chi connectivity index (χ4v) is 0.638. The Morgan fingerprint density at radius 2 is 2.15 bits per heavy atom. The SMILES string of the molecule is C=C(C)C(=O)OCCC(O)N(C)C. The highest BCUT2D eigenvalue weighted by atomic mass is 16.5. The van der Waals surface area contributed by atoms with Crippen LogP contribution in [0.25, 0.3) is 0 Å². The van der Waals surface area contributed by atoms with Gasteiger partial charge in [-0.3, -0.25) is 4.90 Å². The van der Waals surface area contributed by atoms with Crippen LogP contribution in [0.15, 0.2) is 12.2 Å². The average Bonchev–Trinajstić information content (AvgIpc) is 2.03. The lowest BCUT2D eigenvalue weighted by Gasteiger charge is -2.17. The molecule has 0 aromatic heterocycles. The van der Waals surface area contributed by atoms with E-state index in [9.17, 15) is 9.90 Å². The van der Waals surface area contributed by atoms with Gasteiger partial charge in [0, 0.05) is 12.0 Å². The van der Waals surface area contributed by atoms with E-state index in [-0.39, 0.29) is 6.61 Å². The molecule has 76 valence electrons. The summed E-state index contributed by atoms with van der Waals surface area (Å²) >= 11 is 0. The van der Waals surface area contributed by atoms with E-state index in [4.69, 9.17) is 4.74 Å². The third-order valence-corrected chi connectivity index (χ3v) is 1.55. The van der Waals surface area contributed by atoms with E-state index in [1.165, 1.54) is 0 Å². The van der Waals surface area contributed by atoms with Crippen molar-refractivity contribution in [3.05, 3.63) is 12.2 Å². The van der Waals surface area contributed by atoms with Crippen molar-refractivity contribution in [2.45, 2.75) is 19.6 Å². The summed E-state index contributed by atoms with van der Waals surface area (Å²) in [6, 6.07) is 0. The van der Waals surface area contributed by atoms with Gasteiger partial charge in [-0.25, -0.2) is 4.79 Å². The molecule has 4 nitrogen and oxygen atoms in total. The van der Waals surface area contributed by atoms with Crippen LogP contribution in [0.4, 0.5) is 0 Å². The standard InChI is InChI=1S/C9H17NO3/c1-7(2)9(12)13-6-5-8(11)10(3)4/h8,11H,1,5-6H2,2-4H3. The van der Waals surface area contributed by atoms with Crippen molar-refractivity contribution in [2.24, 2.45) is 0 Å². The lowest BCUT2D eigenvalue weighted by atomic mass is 10.3. The molecule has 0 aromatic carbocycles. The van der Waals surface area contributed by atoms with Crippen molar-refractivity contribution in [1.82, 2.24) is 4.90 Å². The third kappa shape index (κ3) is 5.38. The van der Waals surface area contributed by atoms with Crippen molar-refractivity contribution in [1.29, 1.82) is 0 Å². The molecule has 0 radical (unpaired) electrons. The zero-order valence-electron chi connectivity index (χ0n) is 8.41. The number of hydrogen-bond donors (Lipinski definition) is 1. The number of carbonyl (C=O) groups is 1. The smallest absolute Gasteiger partial charge is 0.333 e. The number of carbonyl (C=O) groups excluding carboxylic acids is 1. The van der Waals surface area contributed by atoms with E-state index in [1.54, 1.807) is 25.9 Å². The van der Waals surface area contributed by atoms with Crippen LogP contribution in [-0.2, 0) is 9.53 Å². The Hall–Kier alpha value is -0.870. The van der Waals surface area contributed by atoms with Crippen LogP contribution in [0.1, 0.15) is 13.3 Å². The van der Waals surface area contributed by atoms with Gasteiger partial charge < -0.3 is 9.84 Å². The minimum absolute atomic E-state index is 0.213. The van der Waals surface area contributed by atoms with E-state index in [2.05, 4.69) is 6.58 Å². The van der Waals surface area contributed by atoms with E-state index in [0.717, 1.165) is 0 Å². The molecule has 0 amide bonds. The number of ether oxygens (including phenoxy) is 1. The van der Waals surface area contributed by atoms with Crippen LogP contribution in [0.3, 0.4) is 0 Å². The second kappa shape index (κ2) is 5.72. The fourth-order valence-electron chi connectivity index (χ4n) is 0.638. The minimum atomic E-state index is -0.571. The van der Waals surface area contributed by atoms with E-state index >= 15 is 0 Å². The first-order chi connectivity index (χ1) is 5.95. The predicted molar refractivity (Wildman–Crippen MR) is 50.1 cm³/mol. The van der Waals surface area contributed by atoms with Crippen molar-refractivity contribution in [2.75, 3.05) is 20.7 Å². The second-order valence-corrected chi connectivity index (χ2v) is 3.15. The average molecular weight is 187 g/mol. The molecule has 13 heavy (non-hydrogen) atoms. The summed E-state index contributed by atoms with van der Waals surface area (Å²) in [5, 5.41) is 9.29. The number of nitrogens with zero attached hydrogens (tertiary/aromatic N) is 1. The first-order valence-corrected chi connectivity index (χ1v) is 4.12. The molecular formula is C9H17NO3. The van der Waals surface area contributed by atoms with Crippen LogP contribution < -0.4 is 0 Å². The van der Waals surface area contributed by atoms with Gasteiger partial charge in [-0.1, -0.05) is 6.58 Å². The Labute approximate surface area is 78.8 Å². The molecule has 0 spiro atoms. The summed E-state index contributed by atoms with van der Waals surface area (Å²) in [7, 11) is 3.51. The van der Waals surface area contributed by atoms with E-state index in [1.807, 2.05) is 0 Å². The normalized spacial score (nSPS) is 12.7. The first kappa shape index (κ1) is 12.1. The van der Waals surface area contributed by atoms with Crippen LogP contribution in [0, 0.1) is 0 Å². The Bertz CT molecular complexity index is 189. The van der Waals surface area contributed by atoms with Gasteiger partial charge in [-0.2, -0.15) is 0 Å². The third-order valence-electron chi connectivity index (χ3n) is 1.55. The second-order valence-electron chi connectivity index (χ2n) is 3.15. The van der Waals surface area contributed by atoms with Crippen LogP contribution in [-0.4, -0.2) is 42.9 Å². The number of aliphatic hydroxyl groups excluding tert-OH is 1. The molecule has 0 heterocycles. The summed E-state index contributed by atoms with van der Waals surface area (Å²) < 4.78 is 4.80. The van der Waals surface area contributed by atoms with Crippen molar-refractivity contribution < 1.29 is 14.6 Å². The van der Waals surface area contributed by atoms with Crippen molar-refractivity contribution >= 4 is 5.97 Å². The highest BCUT2D eigenvalue weighted by Crippen LogP contribution is 1.98. The van der Waals surface area contributed by atoms with Crippen molar-refractivity contribution in [3.63, 3.8) is 0 Å². The van der Waals surface area contributed by atoms with Gasteiger partial charge >= 0.3 is 5.97 Å². The zero-order valence-corrected chi connectivity index (χ0v) is 8.41. The summed E-state index contributed by atoms with van der Waals surface area (Å²) in [6.07, 6.45) is -0.163. The Morgan fingerprint density at radius 3 is 2.54 bits per heavy atom. The minimum Gasteiger partial charge on any atom is -0.462 e. The van der Waals surface area contributed by atoms with Gasteiger partial charge in [0.15, 0.2) is 0 Å². The molecule has 0 aliphatic carbocycles. The molecule has 0 saturated carbocycles. The first-order valence-electron chi connectivity index (χ1n) is 4.12. The maximum Gasteiger partial charge on any atom is 0.333 e. The Balaban J connectivity index is 3.56. The summed E-state index contributed by atoms with van der Waals surface area (Å²) in [5.41, 5.74) is 0.374. The fraction of sp³-hybridized carbons (Fsp3) is 0.667. The Morgan fingerprint density at radius 1 is 1.62 bits per heavy atom. The molecule has 0 fully saturated rings. The van der Waals surface area contributed by atoms with Gasteiger partial charge in [0.25, 0.3) is 0 Å². The molecule has 0 rings (SSSR count). The van der Waals surface area contributed by atoms with Gasteiger partial charge in [-0.05, 0) is 21.0 Å². The van der Waals surface area contributed by atoms with Crippen LogP contribution >= 0.6 is 0 Å². The summed E-state index contributed by atoms with van der Waals surface area (Å²) in [4.78, 5) is 12.5. The zero-order chi connectivity index (χ0) is 10.4. The molecule has 0 bridgehead atoms. The molecule has 0 saturated heterocycles. The number of aliphatic hydroxyl groups is 1. The lowest BCUT2D eigenvalue weighted by Crippen LogP contribution is -2.29. The lowest BCUT2D eigenvalue weighted by molar-refractivity contribution is -0.140. The van der Waals surface area contributed by atoms with Gasteiger partial charge in [0.1, 0.15) is 6.23 Å². The topological polar surface area (TPSA) is 49.8 Å².